The van der Waals surface area contributed by atoms with Gasteiger partial charge < -0.3 is 5.73 Å². The summed E-state index contributed by atoms with van der Waals surface area (Å²) in [6.45, 7) is 0. The van der Waals surface area contributed by atoms with Crippen LogP contribution in [0.2, 0.25) is 0 Å². The number of anilines is 1. The van der Waals surface area contributed by atoms with E-state index in [4.69, 9.17) is 5.73 Å². The van der Waals surface area contributed by atoms with E-state index in [1.165, 1.54) is 0 Å². The van der Waals surface area contributed by atoms with Crippen LogP contribution >= 0.6 is 0 Å². The monoisotopic (exact) mass is 229 g/mol. The molecule has 0 radical (unpaired) electrons. The second-order valence-electron chi connectivity index (χ2n) is 4.00. The zero-order valence-corrected chi connectivity index (χ0v) is 9.76. The molecule has 0 aliphatic heterocycles. The molecule has 2 rings (SSSR count). The number of aromatic nitrogens is 2. The third kappa shape index (κ3) is 2.72. The van der Waals surface area contributed by atoms with Crippen LogP contribution in [0.1, 0.15) is 22.5 Å². The van der Waals surface area contributed by atoms with Crippen molar-refractivity contribution < 1.29 is 4.79 Å². The summed E-state index contributed by atoms with van der Waals surface area (Å²) in [5, 5.41) is 3.98. The van der Waals surface area contributed by atoms with Gasteiger partial charge in [-0.25, -0.2) is 0 Å². The minimum Gasteiger partial charge on any atom is -0.399 e. The van der Waals surface area contributed by atoms with Gasteiger partial charge in [-0.2, -0.15) is 5.10 Å². The molecule has 2 N–H and O–H groups in total. The lowest BCUT2D eigenvalue weighted by molar-refractivity contribution is 0.0974. The van der Waals surface area contributed by atoms with Gasteiger partial charge in [0.2, 0.25) is 0 Å². The Labute approximate surface area is 100 Å². The van der Waals surface area contributed by atoms with E-state index in [1.54, 1.807) is 24.0 Å². The SMILES string of the molecule is Cn1nccc1C(=O)CCc1ccc(N)cc1. The average molecular weight is 229 g/mol. The fourth-order valence-electron chi connectivity index (χ4n) is 1.72. The Hall–Kier alpha value is -2.10. The number of Topliss-reactive ketones (excluding diaryl/α,β-unsaturated/α-hetero) is 1. The van der Waals surface area contributed by atoms with Crippen molar-refractivity contribution in [3.63, 3.8) is 0 Å². The molecule has 4 heteroatoms. The molecule has 0 saturated carbocycles. The molecule has 1 heterocycles. The summed E-state index contributed by atoms with van der Waals surface area (Å²) in [4.78, 5) is 11.9. The molecule has 88 valence electrons. The number of nitrogens with two attached hydrogens (primary N) is 1. The highest BCUT2D eigenvalue weighted by Crippen LogP contribution is 2.10. The standard InChI is InChI=1S/C13H15N3O/c1-16-12(8-9-15-16)13(17)7-4-10-2-5-11(14)6-3-10/h2-3,5-6,8-9H,4,7,14H2,1H3. The first-order valence-corrected chi connectivity index (χ1v) is 5.52. The second kappa shape index (κ2) is 4.82. The molecule has 0 spiro atoms. The maximum atomic E-state index is 11.9. The molecule has 2 aromatic rings. The molecule has 17 heavy (non-hydrogen) atoms. The van der Waals surface area contributed by atoms with Crippen LogP contribution < -0.4 is 5.73 Å². The molecular weight excluding hydrogens is 214 g/mol. The minimum atomic E-state index is 0.113. The summed E-state index contributed by atoms with van der Waals surface area (Å²) in [6, 6.07) is 9.34. The van der Waals surface area contributed by atoms with Crippen molar-refractivity contribution >= 4 is 11.5 Å². The highest BCUT2D eigenvalue weighted by molar-refractivity contribution is 5.94. The highest BCUT2D eigenvalue weighted by atomic mass is 16.1. The van der Waals surface area contributed by atoms with Crippen LogP contribution in [0.25, 0.3) is 0 Å². The fourth-order valence-corrected chi connectivity index (χ4v) is 1.72. The lowest BCUT2D eigenvalue weighted by Gasteiger charge is -2.02. The Morgan fingerprint density at radius 3 is 2.59 bits per heavy atom. The van der Waals surface area contributed by atoms with Gasteiger partial charge in [0.1, 0.15) is 5.69 Å². The Bertz CT molecular complexity index is 514. The van der Waals surface area contributed by atoms with E-state index < -0.39 is 0 Å². The number of nitrogens with zero attached hydrogens (tertiary/aromatic N) is 2. The van der Waals surface area contributed by atoms with E-state index in [2.05, 4.69) is 5.10 Å². The molecule has 0 saturated heterocycles. The lowest BCUT2D eigenvalue weighted by Crippen LogP contribution is -2.07. The predicted molar refractivity (Wildman–Crippen MR) is 66.7 cm³/mol. The normalized spacial score (nSPS) is 10.4. The van der Waals surface area contributed by atoms with Crippen molar-refractivity contribution in [2.45, 2.75) is 12.8 Å². The number of nitrogen functional groups attached to an aromatic ring is 1. The van der Waals surface area contributed by atoms with Crippen LogP contribution in [-0.4, -0.2) is 15.6 Å². The number of carbonyl (C=O) groups excluding carboxylic acids is 1. The summed E-state index contributed by atoms with van der Waals surface area (Å²) in [5.41, 5.74) is 8.12. The Morgan fingerprint density at radius 1 is 1.29 bits per heavy atom. The first kappa shape index (κ1) is 11.4. The van der Waals surface area contributed by atoms with Crippen molar-refractivity contribution in [3.8, 4) is 0 Å². The summed E-state index contributed by atoms with van der Waals surface area (Å²) in [7, 11) is 1.77. The molecule has 0 unspecified atom stereocenters. The minimum absolute atomic E-state index is 0.113. The summed E-state index contributed by atoms with van der Waals surface area (Å²) < 4.78 is 1.60. The molecule has 0 fully saturated rings. The van der Waals surface area contributed by atoms with Gasteiger partial charge in [0.05, 0.1) is 0 Å². The van der Waals surface area contributed by atoms with E-state index >= 15 is 0 Å². The maximum Gasteiger partial charge on any atom is 0.181 e. The van der Waals surface area contributed by atoms with Crippen LogP contribution in [0.4, 0.5) is 5.69 Å². The Kier molecular flexibility index (Phi) is 3.23. The number of ketones is 1. The topological polar surface area (TPSA) is 60.9 Å². The summed E-state index contributed by atoms with van der Waals surface area (Å²) >= 11 is 0. The van der Waals surface area contributed by atoms with Crippen molar-refractivity contribution in [1.82, 2.24) is 9.78 Å². The maximum absolute atomic E-state index is 11.9. The van der Waals surface area contributed by atoms with E-state index in [0.29, 0.717) is 12.1 Å². The number of hydrogen-bond donors (Lipinski definition) is 1. The second-order valence-corrected chi connectivity index (χ2v) is 4.00. The molecule has 0 amide bonds. The fraction of sp³-hybridized carbons (Fsp3) is 0.231. The van der Waals surface area contributed by atoms with Crippen LogP contribution in [0.5, 0.6) is 0 Å². The van der Waals surface area contributed by atoms with Gasteiger partial charge in [-0.15, -0.1) is 0 Å². The van der Waals surface area contributed by atoms with Gasteiger partial charge in [0, 0.05) is 25.4 Å². The van der Waals surface area contributed by atoms with E-state index in [-0.39, 0.29) is 5.78 Å². The number of benzene rings is 1. The predicted octanol–water partition coefficient (Wildman–Crippen LogP) is 1.82. The average Bonchev–Trinajstić information content (AvgIpc) is 2.74. The Morgan fingerprint density at radius 2 is 2.00 bits per heavy atom. The van der Waals surface area contributed by atoms with Crippen LogP contribution in [-0.2, 0) is 13.5 Å². The van der Waals surface area contributed by atoms with Crippen molar-refractivity contribution in [3.05, 3.63) is 47.8 Å². The van der Waals surface area contributed by atoms with Gasteiger partial charge in [-0.3, -0.25) is 9.48 Å². The van der Waals surface area contributed by atoms with E-state index in [0.717, 1.165) is 17.7 Å². The number of carbonyl (C=O) groups is 1. The van der Waals surface area contributed by atoms with Gasteiger partial charge in [-0.05, 0) is 30.2 Å². The van der Waals surface area contributed by atoms with Crippen molar-refractivity contribution in [2.75, 3.05) is 5.73 Å². The van der Waals surface area contributed by atoms with Gasteiger partial charge in [0.25, 0.3) is 0 Å². The van der Waals surface area contributed by atoms with Gasteiger partial charge in [0.15, 0.2) is 5.78 Å². The lowest BCUT2D eigenvalue weighted by atomic mass is 10.1. The van der Waals surface area contributed by atoms with E-state index in [9.17, 15) is 4.79 Å². The molecular formula is C13H15N3O. The van der Waals surface area contributed by atoms with Crippen molar-refractivity contribution in [2.24, 2.45) is 7.05 Å². The Balaban J connectivity index is 1.97. The summed E-state index contributed by atoms with van der Waals surface area (Å²) in [5.74, 6) is 0.113. The van der Waals surface area contributed by atoms with Gasteiger partial charge in [-0.1, -0.05) is 12.1 Å². The first-order valence-electron chi connectivity index (χ1n) is 5.52. The number of aryl methyl sites for hydroxylation is 2. The zero-order valence-electron chi connectivity index (χ0n) is 9.76. The molecule has 0 atom stereocenters. The van der Waals surface area contributed by atoms with E-state index in [1.807, 2.05) is 24.3 Å². The molecule has 0 aliphatic rings. The molecule has 1 aromatic heterocycles. The zero-order chi connectivity index (χ0) is 12.3. The first-order chi connectivity index (χ1) is 8.16. The molecule has 4 nitrogen and oxygen atoms in total. The largest absolute Gasteiger partial charge is 0.399 e. The van der Waals surface area contributed by atoms with Crippen LogP contribution in [0.15, 0.2) is 36.5 Å². The number of rotatable bonds is 4. The highest BCUT2D eigenvalue weighted by Gasteiger charge is 2.09. The molecule has 0 bridgehead atoms. The third-order valence-electron chi connectivity index (χ3n) is 2.73. The smallest absolute Gasteiger partial charge is 0.181 e. The van der Waals surface area contributed by atoms with Gasteiger partial charge >= 0.3 is 0 Å². The number of hydrogen-bond acceptors (Lipinski definition) is 3. The van der Waals surface area contributed by atoms with Crippen molar-refractivity contribution in [1.29, 1.82) is 0 Å². The van der Waals surface area contributed by atoms with Crippen LogP contribution in [0, 0.1) is 0 Å². The summed E-state index contributed by atoms with van der Waals surface area (Å²) in [6.07, 6.45) is 2.85. The quantitative estimate of drug-likeness (QED) is 0.642. The molecule has 1 aromatic carbocycles. The third-order valence-corrected chi connectivity index (χ3v) is 2.73. The molecule has 0 aliphatic carbocycles. The van der Waals surface area contributed by atoms with Crippen LogP contribution in [0.3, 0.4) is 0 Å².